The molecule has 2 aromatic heterocycles. The Bertz CT molecular complexity index is 815. The van der Waals surface area contributed by atoms with Crippen LogP contribution in [0.25, 0.3) is 0 Å². The van der Waals surface area contributed by atoms with E-state index in [0.29, 0.717) is 12.6 Å². The van der Waals surface area contributed by atoms with Gasteiger partial charge in [0, 0.05) is 37.6 Å². The zero-order chi connectivity index (χ0) is 21.5. The van der Waals surface area contributed by atoms with Crippen LogP contribution in [-0.4, -0.2) is 51.3 Å². The molecule has 4 rings (SSSR count). The van der Waals surface area contributed by atoms with Crippen LogP contribution in [-0.2, 0) is 20.1 Å². The maximum absolute atomic E-state index is 4.84. The molecule has 0 amide bonds. The monoisotopic (exact) mass is 443 g/mol. The molecule has 2 aliphatic rings. The van der Waals surface area contributed by atoms with E-state index in [1.807, 2.05) is 18.5 Å². The van der Waals surface area contributed by atoms with Gasteiger partial charge < -0.3 is 20.1 Å². The second-order valence-corrected chi connectivity index (χ2v) is 10.1. The molecule has 1 saturated carbocycles. The summed E-state index contributed by atoms with van der Waals surface area (Å²) in [7, 11) is 1.99. The highest BCUT2D eigenvalue weighted by atomic mass is 32.1. The summed E-state index contributed by atoms with van der Waals surface area (Å²) in [5, 5.41) is 17.7. The number of hydrogen-bond acceptors (Lipinski definition) is 5. The van der Waals surface area contributed by atoms with E-state index in [-0.39, 0.29) is 0 Å². The number of thiophene rings is 1. The molecule has 0 unspecified atom stereocenters. The van der Waals surface area contributed by atoms with Gasteiger partial charge in [0.1, 0.15) is 12.4 Å². The molecule has 0 atom stereocenters. The van der Waals surface area contributed by atoms with Crippen LogP contribution in [0.1, 0.15) is 61.5 Å². The lowest BCUT2D eigenvalue weighted by Gasteiger charge is -2.36. The normalized spacial score (nSPS) is 19.6. The smallest absolute Gasteiger partial charge is 0.192 e. The van der Waals surface area contributed by atoms with Crippen molar-refractivity contribution in [1.82, 2.24) is 30.3 Å². The van der Waals surface area contributed by atoms with Crippen LogP contribution < -0.4 is 10.6 Å². The van der Waals surface area contributed by atoms with Gasteiger partial charge in [-0.3, -0.25) is 0 Å². The number of hydrogen-bond donors (Lipinski definition) is 2. The average Bonchev–Trinajstić information content (AvgIpc) is 3.43. The Hall–Kier alpha value is -1.93. The first-order valence-electron chi connectivity index (χ1n) is 11.8. The summed E-state index contributed by atoms with van der Waals surface area (Å²) in [6, 6.07) is 4.72. The Balaban J connectivity index is 1.30. The average molecular weight is 444 g/mol. The van der Waals surface area contributed by atoms with Gasteiger partial charge in [0.05, 0.1) is 6.54 Å². The highest BCUT2D eigenvalue weighted by Crippen LogP contribution is 2.25. The van der Waals surface area contributed by atoms with Gasteiger partial charge in [0.2, 0.25) is 0 Å². The molecule has 1 aliphatic heterocycles. The van der Waals surface area contributed by atoms with Crippen LogP contribution in [0, 0.1) is 12.8 Å². The highest BCUT2D eigenvalue weighted by molar-refractivity contribution is 7.09. The molecule has 1 saturated heterocycles. The first kappa shape index (κ1) is 22.3. The third kappa shape index (κ3) is 6.53. The third-order valence-electron chi connectivity index (χ3n) is 6.74. The minimum atomic E-state index is 0.471. The molecule has 2 aromatic rings. The number of aryl methyl sites for hydroxylation is 1. The number of aliphatic imine (C=N–C) groups is 1. The summed E-state index contributed by atoms with van der Waals surface area (Å²) in [6.45, 7) is 6.97. The van der Waals surface area contributed by atoms with Gasteiger partial charge in [-0.2, -0.15) is 0 Å². The zero-order valence-electron chi connectivity index (χ0n) is 19.0. The van der Waals surface area contributed by atoms with Crippen LogP contribution in [0.15, 0.2) is 22.5 Å². The van der Waals surface area contributed by atoms with E-state index >= 15 is 0 Å². The molecule has 8 heteroatoms. The maximum atomic E-state index is 4.84. The number of guanidine groups is 1. The molecule has 0 aromatic carbocycles. The number of piperidine rings is 1. The van der Waals surface area contributed by atoms with Crippen LogP contribution in [0.2, 0.25) is 0 Å². The maximum Gasteiger partial charge on any atom is 0.192 e. The topological polar surface area (TPSA) is 70.4 Å². The molecule has 0 bridgehead atoms. The predicted molar refractivity (Wildman–Crippen MR) is 127 cm³/mol. The quantitative estimate of drug-likeness (QED) is 0.507. The fourth-order valence-corrected chi connectivity index (χ4v) is 5.31. The summed E-state index contributed by atoms with van der Waals surface area (Å²) in [5.41, 5.74) is 0. The number of rotatable bonds is 7. The molecule has 2 fully saturated rings. The largest absolute Gasteiger partial charge is 0.354 e. The molecule has 0 spiro atoms. The number of nitrogens with one attached hydrogen (secondary N) is 2. The molecule has 3 heterocycles. The SMILES string of the molecule is Cc1nnc(CN=C(NCc2cccs2)NC2CCN(CC3CCCCC3)CC2)n1C. The van der Waals surface area contributed by atoms with E-state index in [9.17, 15) is 0 Å². The number of nitrogens with zero attached hydrogens (tertiary/aromatic N) is 5. The van der Waals surface area contributed by atoms with Crippen molar-refractivity contribution in [2.75, 3.05) is 19.6 Å². The van der Waals surface area contributed by atoms with Crippen molar-refractivity contribution in [3.05, 3.63) is 34.0 Å². The van der Waals surface area contributed by atoms with Crippen LogP contribution in [0.3, 0.4) is 0 Å². The van der Waals surface area contributed by atoms with E-state index in [4.69, 9.17) is 4.99 Å². The van der Waals surface area contributed by atoms with Crippen LogP contribution >= 0.6 is 11.3 Å². The number of likely N-dealkylation sites (tertiary alicyclic amines) is 1. The minimum Gasteiger partial charge on any atom is -0.354 e. The molecule has 0 radical (unpaired) electrons. The van der Waals surface area contributed by atoms with Crippen LogP contribution in [0.4, 0.5) is 0 Å². The van der Waals surface area contributed by atoms with Crippen molar-refractivity contribution in [3.8, 4) is 0 Å². The lowest BCUT2D eigenvalue weighted by Crippen LogP contribution is -2.49. The second-order valence-electron chi connectivity index (χ2n) is 9.04. The van der Waals surface area contributed by atoms with Crippen molar-refractivity contribution in [1.29, 1.82) is 0 Å². The van der Waals surface area contributed by atoms with E-state index < -0.39 is 0 Å². The van der Waals surface area contributed by atoms with Crippen LogP contribution in [0.5, 0.6) is 0 Å². The fourth-order valence-electron chi connectivity index (χ4n) is 4.66. The number of aromatic nitrogens is 3. The molecule has 2 N–H and O–H groups in total. The van der Waals surface area contributed by atoms with E-state index in [1.54, 1.807) is 11.3 Å². The Morgan fingerprint density at radius 2 is 1.97 bits per heavy atom. The highest BCUT2D eigenvalue weighted by Gasteiger charge is 2.23. The minimum absolute atomic E-state index is 0.471. The van der Waals surface area contributed by atoms with Gasteiger partial charge in [-0.15, -0.1) is 21.5 Å². The summed E-state index contributed by atoms with van der Waals surface area (Å²) < 4.78 is 2.00. The molecule has 1 aliphatic carbocycles. The van der Waals surface area contributed by atoms with Gasteiger partial charge in [-0.05, 0) is 50.0 Å². The Morgan fingerprint density at radius 3 is 2.65 bits per heavy atom. The third-order valence-corrected chi connectivity index (χ3v) is 7.62. The van der Waals surface area contributed by atoms with Crippen molar-refractivity contribution >= 4 is 17.3 Å². The second kappa shape index (κ2) is 11.1. The molecule has 170 valence electrons. The predicted octanol–water partition coefficient (Wildman–Crippen LogP) is 3.47. The van der Waals surface area contributed by atoms with Gasteiger partial charge in [0.15, 0.2) is 11.8 Å². The lowest BCUT2D eigenvalue weighted by atomic mass is 9.88. The van der Waals surface area contributed by atoms with E-state index in [2.05, 4.69) is 43.2 Å². The molecule has 31 heavy (non-hydrogen) atoms. The Morgan fingerprint density at radius 1 is 1.16 bits per heavy atom. The standard InChI is InChI=1S/C23H37N7S/c1-18-27-28-22(29(18)2)16-25-23(24-15-21-9-6-14-31-21)26-20-10-12-30(13-11-20)17-19-7-4-3-5-8-19/h6,9,14,19-20H,3-5,7-8,10-13,15-17H2,1-2H3,(H2,24,25,26). The molecular weight excluding hydrogens is 406 g/mol. The van der Waals surface area contributed by atoms with Gasteiger partial charge in [-0.25, -0.2) is 4.99 Å². The van der Waals surface area contributed by atoms with Gasteiger partial charge in [-0.1, -0.05) is 25.3 Å². The summed E-state index contributed by atoms with van der Waals surface area (Å²) in [5.74, 6) is 3.60. The molecular formula is C23H37N7S. The van der Waals surface area contributed by atoms with Gasteiger partial charge in [0.25, 0.3) is 0 Å². The van der Waals surface area contributed by atoms with Crippen molar-refractivity contribution in [2.24, 2.45) is 18.0 Å². The summed E-state index contributed by atoms with van der Waals surface area (Å²) >= 11 is 1.77. The van der Waals surface area contributed by atoms with Crippen molar-refractivity contribution < 1.29 is 0 Å². The fraction of sp³-hybridized carbons (Fsp3) is 0.696. The van der Waals surface area contributed by atoms with Crippen molar-refractivity contribution in [3.63, 3.8) is 0 Å². The van der Waals surface area contributed by atoms with Gasteiger partial charge >= 0.3 is 0 Å². The van der Waals surface area contributed by atoms with Crippen molar-refractivity contribution in [2.45, 2.75) is 71.0 Å². The first-order chi connectivity index (χ1) is 15.2. The zero-order valence-corrected chi connectivity index (χ0v) is 19.8. The molecule has 7 nitrogen and oxygen atoms in total. The van der Waals surface area contributed by atoms with E-state index in [0.717, 1.165) is 30.1 Å². The summed E-state index contributed by atoms with van der Waals surface area (Å²) in [6.07, 6.45) is 9.53. The first-order valence-corrected chi connectivity index (χ1v) is 12.7. The Labute approximate surface area is 190 Å². The Kier molecular flexibility index (Phi) is 7.97. The lowest BCUT2D eigenvalue weighted by molar-refractivity contribution is 0.160. The van der Waals surface area contributed by atoms with E-state index in [1.165, 1.54) is 69.5 Å². The summed E-state index contributed by atoms with van der Waals surface area (Å²) in [4.78, 5) is 8.83.